The fraction of sp³-hybridized carbons (Fsp3) is 0.925. The van der Waals surface area contributed by atoms with Gasteiger partial charge in [0, 0.05) is 0 Å². The molecular formula is C40H79NO5. The van der Waals surface area contributed by atoms with Crippen molar-refractivity contribution < 1.29 is 25.2 Å². The zero-order valence-electron chi connectivity index (χ0n) is 30.6. The van der Waals surface area contributed by atoms with E-state index in [1.165, 1.54) is 148 Å². The molecule has 5 N–H and O–H groups in total. The van der Waals surface area contributed by atoms with E-state index in [0.29, 0.717) is 12.8 Å². The Bertz CT molecular complexity index is 658. The number of aliphatic hydroxyl groups excluding tert-OH is 4. The zero-order chi connectivity index (χ0) is 33.9. The van der Waals surface area contributed by atoms with Gasteiger partial charge in [0.05, 0.1) is 18.8 Å². The van der Waals surface area contributed by atoms with Crippen LogP contribution in [0.4, 0.5) is 0 Å². The minimum absolute atomic E-state index is 0.369. The molecular weight excluding hydrogens is 574 g/mol. The summed E-state index contributed by atoms with van der Waals surface area (Å²) in [6.45, 7) is 3.79. The number of unbranched alkanes of at least 4 members (excludes halogenated alkanes) is 25. The van der Waals surface area contributed by atoms with Gasteiger partial charge in [-0.15, -0.1) is 0 Å². The summed E-state index contributed by atoms with van der Waals surface area (Å²) in [4.78, 5) is 12.3. The smallest absolute Gasteiger partial charge is 0.249 e. The largest absolute Gasteiger partial charge is 0.394 e. The van der Waals surface area contributed by atoms with Crippen LogP contribution in [0.3, 0.4) is 0 Å². The molecule has 1 amide bonds. The zero-order valence-corrected chi connectivity index (χ0v) is 30.6. The Morgan fingerprint density at radius 2 is 0.891 bits per heavy atom. The quantitative estimate of drug-likeness (QED) is 0.0342. The highest BCUT2D eigenvalue weighted by Gasteiger charge is 2.28. The second-order valence-corrected chi connectivity index (χ2v) is 14.0. The summed E-state index contributed by atoms with van der Waals surface area (Å²) in [6.07, 6.45) is 38.1. The van der Waals surface area contributed by atoms with Gasteiger partial charge in [-0.3, -0.25) is 4.79 Å². The first-order chi connectivity index (χ1) is 22.5. The molecule has 0 aliphatic rings. The van der Waals surface area contributed by atoms with Crippen molar-refractivity contribution in [3.8, 4) is 0 Å². The van der Waals surface area contributed by atoms with Crippen molar-refractivity contribution in [2.45, 2.75) is 231 Å². The van der Waals surface area contributed by atoms with Crippen LogP contribution < -0.4 is 5.32 Å². The predicted molar refractivity (Wildman–Crippen MR) is 196 cm³/mol. The fourth-order valence-corrected chi connectivity index (χ4v) is 6.21. The number of rotatable bonds is 36. The fourth-order valence-electron chi connectivity index (χ4n) is 6.21. The van der Waals surface area contributed by atoms with Gasteiger partial charge < -0.3 is 25.7 Å². The van der Waals surface area contributed by atoms with Gasteiger partial charge in [0.2, 0.25) is 5.91 Å². The second-order valence-electron chi connectivity index (χ2n) is 14.0. The van der Waals surface area contributed by atoms with Crippen molar-refractivity contribution >= 4 is 5.91 Å². The summed E-state index contributed by atoms with van der Waals surface area (Å²) in [5.41, 5.74) is 0. The second kappa shape index (κ2) is 35.4. The van der Waals surface area contributed by atoms with Crippen molar-refractivity contribution in [3.05, 3.63) is 12.2 Å². The summed E-state index contributed by atoms with van der Waals surface area (Å²) in [7, 11) is 0. The molecule has 0 radical (unpaired) electrons. The van der Waals surface area contributed by atoms with Crippen molar-refractivity contribution in [2.75, 3.05) is 6.61 Å². The van der Waals surface area contributed by atoms with Gasteiger partial charge >= 0.3 is 0 Å². The van der Waals surface area contributed by atoms with Gasteiger partial charge in [0.1, 0.15) is 12.2 Å². The molecule has 46 heavy (non-hydrogen) atoms. The maximum Gasteiger partial charge on any atom is 0.249 e. The lowest BCUT2D eigenvalue weighted by atomic mass is 10.0. The Balaban J connectivity index is 3.46. The Morgan fingerprint density at radius 3 is 1.28 bits per heavy atom. The summed E-state index contributed by atoms with van der Waals surface area (Å²) < 4.78 is 0. The van der Waals surface area contributed by atoms with E-state index < -0.39 is 36.9 Å². The molecule has 0 saturated carbocycles. The Labute approximate surface area is 285 Å². The summed E-state index contributed by atoms with van der Waals surface area (Å²) >= 11 is 0. The number of nitrogens with one attached hydrogen (secondary N) is 1. The lowest BCUT2D eigenvalue weighted by Gasteiger charge is -2.27. The molecule has 6 heteroatoms. The van der Waals surface area contributed by atoms with Crippen LogP contribution in [-0.4, -0.2) is 57.3 Å². The van der Waals surface area contributed by atoms with Gasteiger partial charge in [0.25, 0.3) is 0 Å². The van der Waals surface area contributed by atoms with Crippen molar-refractivity contribution in [1.82, 2.24) is 5.32 Å². The maximum atomic E-state index is 12.3. The van der Waals surface area contributed by atoms with Crippen molar-refractivity contribution in [1.29, 1.82) is 0 Å². The van der Waals surface area contributed by atoms with Crippen LogP contribution in [0.25, 0.3) is 0 Å². The number of hydrogen-bond acceptors (Lipinski definition) is 5. The summed E-state index contributed by atoms with van der Waals surface area (Å²) in [5.74, 6) is -0.595. The first-order valence-corrected chi connectivity index (χ1v) is 20.1. The minimum Gasteiger partial charge on any atom is -0.394 e. The van der Waals surface area contributed by atoms with E-state index in [1.807, 2.05) is 6.92 Å². The van der Waals surface area contributed by atoms with E-state index in [1.54, 1.807) is 0 Å². The molecule has 0 aromatic heterocycles. The van der Waals surface area contributed by atoms with Crippen LogP contribution in [0, 0.1) is 0 Å². The predicted octanol–water partition coefficient (Wildman–Crippen LogP) is 9.85. The third-order valence-electron chi connectivity index (χ3n) is 9.48. The van der Waals surface area contributed by atoms with Crippen LogP contribution in [0.2, 0.25) is 0 Å². The highest BCUT2D eigenvalue weighted by molar-refractivity contribution is 5.80. The van der Waals surface area contributed by atoms with E-state index in [0.717, 1.165) is 32.1 Å². The van der Waals surface area contributed by atoms with Crippen LogP contribution in [0.1, 0.15) is 206 Å². The number of amides is 1. The minimum atomic E-state index is -1.25. The Hall–Kier alpha value is -0.950. The van der Waals surface area contributed by atoms with Gasteiger partial charge in [-0.05, 0) is 38.5 Å². The van der Waals surface area contributed by atoms with Crippen molar-refractivity contribution in [3.63, 3.8) is 0 Å². The van der Waals surface area contributed by atoms with E-state index in [2.05, 4.69) is 24.4 Å². The maximum absolute atomic E-state index is 12.3. The normalized spacial score (nSPS) is 14.5. The summed E-state index contributed by atoms with van der Waals surface area (Å²) in [6, 6.07) is -0.977. The van der Waals surface area contributed by atoms with Crippen LogP contribution >= 0.6 is 0 Å². The van der Waals surface area contributed by atoms with Gasteiger partial charge in [-0.25, -0.2) is 0 Å². The average molecular weight is 654 g/mol. The molecule has 6 nitrogen and oxygen atoms in total. The molecule has 0 bridgehead atoms. The van der Waals surface area contributed by atoms with Crippen LogP contribution in [-0.2, 0) is 4.79 Å². The first kappa shape index (κ1) is 45.0. The Morgan fingerprint density at radius 1 is 0.522 bits per heavy atom. The number of carbonyl (C=O) groups is 1. The highest BCUT2D eigenvalue weighted by Crippen LogP contribution is 2.15. The van der Waals surface area contributed by atoms with E-state index in [-0.39, 0.29) is 0 Å². The van der Waals surface area contributed by atoms with Crippen LogP contribution in [0.15, 0.2) is 12.2 Å². The first-order valence-electron chi connectivity index (χ1n) is 20.1. The lowest BCUT2D eigenvalue weighted by Crippen LogP contribution is -2.53. The molecule has 0 heterocycles. The average Bonchev–Trinajstić information content (AvgIpc) is 3.06. The third-order valence-corrected chi connectivity index (χ3v) is 9.48. The molecule has 0 rings (SSSR count). The molecule has 0 aromatic carbocycles. The number of allylic oxidation sites excluding steroid dienone is 2. The summed E-state index contributed by atoms with van der Waals surface area (Å²) in [5, 5.41) is 42.4. The molecule has 4 unspecified atom stereocenters. The third kappa shape index (κ3) is 29.2. The van der Waals surface area contributed by atoms with Crippen LogP contribution in [0.5, 0.6) is 0 Å². The Kier molecular flexibility index (Phi) is 34.6. The van der Waals surface area contributed by atoms with Gasteiger partial charge in [-0.1, -0.05) is 180 Å². The highest BCUT2D eigenvalue weighted by atomic mass is 16.3. The van der Waals surface area contributed by atoms with E-state index in [4.69, 9.17) is 0 Å². The number of aliphatic hydroxyl groups is 4. The molecule has 274 valence electrons. The molecule has 0 aliphatic heterocycles. The molecule has 0 aromatic rings. The number of carbonyl (C=O) groups excluding carboxylic acids is 1. The molecule has 0 fully saturated rings. The molecule has 0 spiro atoms. The van der Waals surface area contributed by atoms with E-state index in [9.17, 15) is 25.2 Å². The SMILES string of the molecule is CCCCCCCCCCCCCC/C=C\CCCCCCCCCCCCCCC(O)C(=O)NC(CO)C(O)C(O)CCCC. The standard InChI is InChI=1S/C40H79NO5/c1-3-5-7-8-9-10-11-12-13-14-15-16-17-18-19-20-21-22-23-24-25-26-27-28-29-30-31-32-34-38(44)40(46)41-36(35-42)39(45)37(43)33-6-4-2/h18-19,36-39,42-45H,3-17,20-35H2,1-2H3,(H,41,46)/b19-18-. The topological polar surface area (TPSA) is 110 Å². The van der Waals surface area contributed by atoms with Gasteiger partial charge in [0.15, 0.2) is 0 Å². The molecule has 4 atom stereocenters. The monoisotopic (exact) mass is 654 g/mol. The number of hydrogen-bond donors (Lipinski definition) is 5. The molecule has 0 saturated heterocycles. The van der Waals surface area contributed by atoms with Gasteiger partial charge in [-0.2, -0.15) is 0 Å². The molecule has 0 aliphatic carbocycles. The van der Waals surface area contributed by atoms with E-state index >= 15 is 0 Å². The van der Waals surface area contributed by atoms with Crippen molar-refractivity contribution in [2.24, 2.45) is 0 Å². The lowest BCUT2D eigenvalue weighted by molar-refractivity contribution is -0.132.